The van der Waals surface area contributed by atoms with E-state index in [4.69, 9.17) is 4.52 Å². The van der Waals surface area contributed by atoms with Crippen LogP contribution < -0.4 is 5.32 Å². The Kier molecular flexibility index (Phi) is 2.95. The average Bonchev–Trinajstić information content (AvgIpc) is 2.63. The highest BCUT2D eigenvalue weighted by atomic mass is 16.5. The normalized spacial score (nSPS) is 10.4. The monoisotopic (exact) mass is 216 g/mol. The van der Waals surface area contributed by atoms with E-state index in [0.29, 0.717) is 0 Å². The van der Waals surface area contributed by atoms with Crippen LogP contribution in [0.1, 0.15) is 22.5 Å². The molecule has 0 aliphatic carbocycles. The lowest BCUT2D eigenvalue weighted by Crippen LogP contribution is -2.01. The minimum absolute atomic E-state index is 0.776. The van der Waals surface area contributed by atoms with Crippen molar-refractivity contribution in [2.24, 2.45) is 0 Å². The summed E-state index contributed by atoms with van der Waals surface area (Å²) in [6, 6.07) is 8.34. The van der Waals surface area contributed by atoms with E-state index in [9.17, 15) is 0 Å². The van der Waals surface area contributed by atoms with Crippen LogP contribution in [0.25, 0.3) is 0 Å². The maximum Gasteiger partial charge on any atom is 0.169 e. The summed E-state index contributed by atoms with van der Waals surface area (Å²) in [5.41, 5.74) is 3.87. The highest BCUT2D eigenvalue weighted by Crippen LogP contribution is 2.13. The van der Waals surface area contributed by atoms with Crippen molar-refractivity contribution in [3.63, 3.8) is 0 Å². The maximum absolute atomic E-state index is 4.99. The van der Waals surface area contributed by atoms with Gasteiger partial charge in [0.25, 0.3) is 0 Å². The van der Waals surface area contributed by atoms with Crippen LogP contribution in [-0.2, 0) is 6.54 Å². The van der Waals surface area contributed by atoms with Crippen LogP contribution in [0, 0.1) is 20.8 Å². The molecule has 0 spiro atoms. The highest BCUT2D eigenvalue weighted by molar-refractivity contribution is 5.37. The number of nitrogens with zero attached hydrogens (tertiary/aromatic N) is 1. The van der Waals surface area contributed by atoms with Gasteiger partial charge in [0, 0.05) is 12.6 Å². The lowest BCUT2D eigenvalue weighted by atomic mass is 10.1. The highest BCUT2D eigenvalue weighted by Gasteiger charge is 2.01. The van der Waals surface area contributed by atoms with Gasteiger partial charge in [-0.05, 0) is 31.9 Å². The molecular formula is C13H16N2O. The van der Waals surface area contributed by atoms with Gasteiger partial charge in [-0.1, -0.05) is 28.9 Å². The van der Waals surface area contributed by atoms with E-state index in [1.165, 1.54) is 16.7 Å². The van der Waals surface area contributed by atoms with Crippen molar-refractivity contribution in [3.05, 3.63) is 46.7 Å². The summed E-state index contributed by atoms with van der Waals surface area (Å²) in [4.78, 5) is 0. The van der Waals surface area contributed by atoms with E-state index in [1.54, 1.807) is 0 Å². The van der Waals surface area contributed by atoms with Crippen LogP contribution in [0.15, 0.2) is 28.8 Å². The third-order valence-corrected chi connectivity index (χ3v) is 2.59. The molecule has 1 N–H and O–H groups in total. The van der Waals surface area contributed by atoms with Crippen molar-refractivity contribution in [2.45, 2.75) is 27.3 Å². The van der Waals surface area contributed by atoms with Gasteiger partial charge in [-0.15, -0.1) is 0 Å². The fourth-order valence-electron chi connectivity index (χ4n) is 1.68. The number of hydrogen-bond donors (Lipinski definition) is 1. The van der Waals surface area contributed by atoms with Gasteiger partial charge in [-0.25, -0.2) is 0 Å². The molecule has 0 aliphatic rings. The molecule has 0 aliphatic heterocycles. The number of aromatic nitrogens is 1. The van der Waals surface area contributed by atoms with Gasteiger partial charge in [-0.3, -0.25) is 0 Å². The second kappa shape index (κ2) is 4.39. The van der Waals surface area contributed by atoms with E-state index < -0.39 is 0 Å². The minimum atomic E-state index is 0.776. The lowest BCUT2D eigenvalue weighted by molar-refractivity contribution is 0.399. The smallest absolute Gasteiger partial charge is 0.169 e. The molecule has 1 aromatic carbocycles. The molecule has 2 aromatic rings. The summed E-state index contributed by atoms with van der Waals surface area (Å²) in [5, 5.41) is 7.13. The molecule has 2 rings (SSSR count). The zero-order valence-electron chi connectivity index (χ0n) is 9.87. The molecule has 0 saturated carbocycles. The quantitative estimate of drug-likeness (QED) is 0.856. The van der Waals surface area contributed by atoms with Crippen molar-refractivity contribution in [1.82, 2.24) is 5.16 Å². The molecule has 84 valence electrons. The first kappa shape index (κ1) is 10.7. The molecule has 0 fully saturated rings. The van der Waals surface area contributed by atoms with Crippen molar-refractivity contribution < 1.29 is 4.52 Å². The first-order chi connectivity index (χ1) is 7.65. The van der Waals surface area contributed by atoms with Gasteiger partial charge in [0.05, 0.1) is 0 Å². The predicted octanol–water partition coefficient (Wildman–Crippen LogP) is 3.21. The van der Waals surface area contributed by atoms with Crippen LogP contribution >= 0.6 is 0 Å². The summed E-state index contributed by atoms with van der Waals surface area (Å²) in [5.74, 6) is 1.61. The molecule has 1 heterocycles. The Morgan fingerprint density at radius 1 is 1.19 bits per heavy atom. The first-order valence-corrected chi connectivity index (χ1v) is 5.38. The fourth-order valence-corrected chi connectivity index (χ4v) is 1.68. The molecule has 3 heteroatoms. The minimum Gasteiger partial charge on any atom is -0.363 e. The van der Waals surface area contributed by atoms with Crippen molar-refractivity contribution in [1.29, 1.82) is 0 Å². The van der Waals surface area contributed by atoms with Gasteiger partial charge >= 0.3 is 0 Å². The Balaban J connectivity index is 2.04. The second-order valence-electron chi connectivity index (χ2n) is 4.11. The first-order valence-electron chi connectivity index (χ1n) is 5.38. The number of anilines is 1. The molecule has 0 unspecified atom stereocenters. The molecular weight excluding hydrogens is 200 g/mol. The third kappa shape index (κ3) is 2.42. The van der Waals surface area contributed by atoms with Gasteiger partial charge < -0.3 is 9.84 Å². The SMILES string of the molecule is Cc1ccc(CNc2cc(C)on2)c(C)c1. The molecule has 0 radical (unpaired) electrons. The van der Waals surface area contributed by atoms with Crippen LogP contribution in [-0.4, -0.2) is 5.16 Å². The van der Waals surface area contributed by atoms with Crippen molar-refractivity contribution >= 4 is 5.82 Å². The molecule has 0 atom stereocenters. The molecule has 3 nitrogen and oxygen atoms in total. The zero-order valence-corrected chi connectivity index (χ0v) is 9.87. The average molecular weight is 216 g/mol. The van der Waals surface area contributed by atoms with Gasteiger partial charge in [0.2, 0.25) is 0 Å². The topological polar surface area (TPSA) is 38.1 Å². The van der Waals surface area contributed by atoms with Crippen molar-refractivity contribution in [3.8, 4) is 0 Å². The Labute approximate surface area is 95.5 Å². The lowest BCUT2D eigenvalue weighted by Gasteiger charge is -2.07. The van der Waals surface area contributed by atoms with Crippen LogP contribution in [0.4, 0.5) is 5.82 Å². The summed E-state index contributed by atoms with van der Waals surface area (Å²) in [7, 11) is 0. The standard InChI is InChI=1S/C13H16N2O/c1-9-4-5-12(10(2)6-9)8-14-13-7-11(3)16-15-13/h4-7H,8H2,1-3H3,(H,14,15). The van der Waals surface area contributed by atoms with E-state index in [-0.39, 0.29) is 0 Å². The Morgan fingerprint density at radius 2 is 2.00 bits per heavy atom. The summed E-state index contributed by atoms with van der Waals surface area (Å²) < 4.78 is 4.99. The zero-order chi connectivity index (χ0) is 11.5. The number of hydrogen-bond acceptors (Lipinski definition) is 3. The largest absolute Gasteiger partial charge is 0.363 e. The maximum atomic E-state index is 4.99. The second-order valence-corrected chi connectivity index (χ2v) is 4.11. The Bertz CT molecular complexity index is 488. The van der Waals surface area contributed by atoms with E-state index in [0.717, 1.165) is 18.1 Å². The number of rotatable bonds is 3. The summed E-state index contributed by atoms with van der Waals surface area (Å²) in [6.07, 6.45) is 0. The van der Waals surface area contributed by atoms with E-state index in [1.807, 2.05) is 13.0 Å². The molecule has 0 saturated heterocycles. The third-order valence-electron chi connectivity index (χ3n) is 2.59. The van der Waals surface area contributed by atoms with Crippen molar-refractivity contribution in [2.75, 3.05) is 5.32 Å². The van der Waals surface area contributed by atoms with Gasteiger partial charge in [-0.2, -0.15) is 0 Å². The van der Waals surface area contributed by atoms with Crippen LogP contribution in [0.5, 0.6) is 0 Å². The summed E-state index contributed by atoms with van der Waals surface area (Å²) >= 11 is 0. The van der Waals surface area contributed by atoms with E-state index in [2.05, 4.69) is 42.5 Å². The number of benzene rings is 1. The van der Waals surface area contributed by atoms with E-state index >= 15 is 0 Å². The predicted molar refractivity (Wildman–Crippen MR) is 64.5 cm³/mol. The molecule has 0 bridgehead atoms. The molecule has 16 heavy (non-hydrogen) atoms. The fraction of sp³-hybridized carbons (Fsp3) is 0.308. The molecule has 1 aromatic heterocycles. The number of nitrogens with one attached hydrogen (secondary N) is 1. The number of aryl methyl sites for hydroxylation is 3. The van der Waals surface area contributed by atoms with Crippen LogP contribution in [0.3, 0.4) is 0 Å². The molecule has 0 amide bonds. The van der Waals surface area contributed by atoms with Crippen LogP contribution in [0.2, 0.25) is 0 Å². The Morgan fingerprint density at radius 3 is 2.62 bits per heavy atom. The summed E-state index contributed by atoms with van der Waals surface area (Å²) in [6.45, 7) is 6.89. The Hall–Kier alpha value is -1.77. The van der Waals surface area contributed by atoms with Gasteiger partial charge in [0.1, 0.15) is 5.76 Å². The van der Waals surface area contributed by atoms with Gasteiger partial charge in [0.15, 0.2) is 5.82 Å².